The van der Waals surface area contributed by atoms with E-state index < -0.39 is 64.7 Å². The van der Waals surface area contributed by atoms with E-state index in [-0.39, 0.29) is 23.3 Å². The van der Waals surface area contributed by atoms with E-state index >= 15 is 0 Å². The zero-order chi connectivity index (χ0) is 51.9. The Balaban J connectivity index is 0.000000261. The molecule has 0 saturated heterocycles. The van der Waals surface area contributed by atoms with Crippen molar-refractivity contribution in [3.63, 3.8) is 0 Å². The number of benzene rings is 2. The topological polar surface area (TPSA) is 251 Å². The highest BCUT2D eigenvalue weighted by Gasteiger charge is 2.39. The van der Waals surface area contributed by atoms with Gasteiger partial charge in [0.1, 0.15) is 57.3 Å². The van der Waals surface area contributed by atoms with Gasteiger partial charge >= 0.3 is 0 Å². The van der Waals surface area contributed by atoms with Crippen LogP contribution in [0.3, 0.4) is 0 Å². The number of rotatable bonds is 18. The van der Waals surface area contributed by atoms with Gasteiger partial charge in [-0.3, -0.25) is 9.13 Å². The summed E-state index contributed by atoms with van der Waals surface area (Å²) in [7, 11) is 1.32. The molecule has 6 rings (SSSR count). The summed E-state index contributed by atoms with van der Waals surface area (Å²) in [5, 5.41) is 36.3. The molecule has 0 unspecified atom stereocenters. The van der Waals surface area contributed by atoms with E-state index in [1.165, 1.54) is 56.5 Å². The lowest BCUT2D eigenvalue weighted by atomic mass is 9.87. The molecule has 4 aromatic heterocycles. The number of aromatic nitrogens is 8. The molecule has 380 valence electrons. The average Bonchev–Trinajstić information content (AvgIpc) is 3.94. The maximum Gasteiger partial charge on any atom is 0.213 e. The van der Waals surface area contributed by atoms with Crippen molar-refractivity contribution >= 4 is 19.7 Å². The summed E-state index contributed by atoms with van der Waals surface area (Å²) in [6.07, 6.45) is -2.16. The SMILES string of the molecule is COc1cccc(-c2nnc(CS(=O)(=O)[C@@H](C)[C@@H](O)C(C)(C)C)n2-c2c(OC)cccc2OC)n1.COc1cccc(-c2nnc(CS(=O)(=O)[C@H](C)[C@H](O)C(C)(C)C)n2-c2c(OC)cccc2OC)n1. The molecule has 70 heavy (non-hydrogen) atoms. The lowest BCUT2D eigenvalue weighted by Gasteiger charge is -2.30. The molecule has 6 aromatic rings. The molecule has 2 aromatic carbocycles. The third-order valence-corrected chi connectivity index (χ3v) is 15.6. The molecule has 0 fully saturated rings. The van der Waals surface area contributed by atoms with Gasteiger partial charge in [-0.1, -0.05) is 65.8 Å². The zero-order valence-electron chi connectivity index (χ0n) is 42.0. The summed E-state index contributed by atoms with van der Waals surface area (Å²) in [5.41, 5.74) is 0.434. The zero-order valence-corrected chi connectivity index (χ0v) is 43.7. The Hall–Kier alpha value is -6.36. The quantitative estimate of drug-likeness (QED) is 0.0982. The highest BCUT2D eigenvalue weighted by molar-refractivity contribution is 7.91. The lowest BCUT2D eigenvalue weighted by molar-refractivity contribution is 0.0625. The number of methoxy groups -OCH3 is 6. The Morgan fingerprint density at radius 3 is 1.06 bits per heavy atom. The summed E-state index contributed by atoms with van der Waals surface area (Å²) in [6, 6.07) is 20.7. The van der Waals surface area contributed by atoms with Crippen molar-refractivity contribution in [3.05, 3.63) is 84.4 Å². The number of aliphatic hydroxyl groups excluding tert-OH is 2. The summed E-state index contributed by atoms with van der Waals surface area (Å²) in [6.45, 7) is 13.7. The van der Waals surface area contributed by atoms with Gasteiger partial charge in [0.2, 0.25) is 11.8 Å². The van der Waals surface area contributed by atoms with Gasteiger partial charge in [-0.25, -0.2) is 26.8 Å². The summed E-state index contributed by atoms with van der Waals surface area (Å²) in [5.74, 6) is 2.29. The molecule has 0 saturated carbocycles. The fourth-order valence-electron chi connectivity index (χ4n) is 7.46. The van der Waals surface area contributed by atoms with Gasteiger partial charge in [-0.2, -0.15) is 0 Å². The molecule has 0 aliphatic carbocycles. The second-order valence-corrected chi connectivity index (χ2v) is 23.1. The Morgan fingerprint density at radius 2 is 0.786 bits per heavy atom. The molecular formula is C48H64N8O12S2. The van der Waals surface area contributed by atoms with Crippen LogP contribution in [0.4, 0.5) is 0 Å². The molecule has 0 spiro atoms. The lowest BCUT2D eigenvalue weighted by Crippen LogP contribution is -2.41. The van der Waals surface area contributed by atoms with Gasteiger partial charge in [0.25, 0.3) is 0 Å². The van der Waals surface area contributed by atoms with Crippen LogP contribution < -0.4 is 28.4 Å². The number of hydrogen-bond donors (Lipinski definition) is 2. The fraction of sp³-hybridized carbons (Fsp3) is 0.458. The van der Waals surface area contributed by atoms with E-state index in [2.05, 4.69) is 30.4 Å². The maximum atomic E-state index is 13.4. The fourth-order valence-corrected chi connectivity index (χ4v) is 10.7. The van der Waals surface area contributed by atoms with Crippen LogP contribution in [0, 0.1) is 10.8 Å². The van der Waals surface area contributed by atoms with Gasteiger partial charge in [0.15, 0.2) is 43.0 Å². The number of hydrogen-bond acceptors (Lipinski definition) is 18. The molecule has 20 nitrogen and oxygen atoms in total. The van der Waals surface area contributed by atoms with Crippen LogP contribution in [0.2, 0.25) is 0 Å². The third-order valence-electron chi connectivity index (χ3n) is 11.5. The molecule has 0 aliphatic heterocycles. The molecule has 22 heteroatoms. The van der Waals surface area contributed by atoms with Crippen molar-refractivity contribution in [2.24, 2.45) is 10.8 Å². The van der Waals surface area contributed by atoms with Gasteiger partial charge in [-0.15, -0.1) is 20.4 Å². The number of nitrogens with zero attached hydrogens (tertiary/aromatic N) is 8. The average molecular weight is 1010 g/mol. The minimum Gasteiger partial charge on any atom is -0.494 e. The van der Waals surface area contributed by atoms with Crippen molar-refractivity contribution < 1.29 is 55.5 Å². The summed E-state index contributed by atoms with van der Waals surface area (Å²) in [4.78, 5) is 8.89. The van der Waals surface area contributed by atoms with Crippen molar-refractivity contribution in [1.82, 2.24) is 39.5 Å². The molecule has 0 aliphatic rings. The monoisotopic (exact) mass is 1010 g/mol. The van der Waals surface area contributed by atoms with Crippen molar-refractivity contribution in [1.29, 1.82) is 0 Å². The Labute approximate surface area is 409 Å². The minimum absolute atomic E-state index is 0.125. The van der Waals surface area contributed by atoms with Crippen LogP contribution in [0.25, 0.3) is 34.4 Å². The number of ether oxygens (including phenoxy) is 6. The number of aliphatic hydroxyl groups is 2. The van der Waals surface area contributed by atoms with Gasteiger partial charge in [-0.05, 0) is 61.1 Å². The number of pyridine rings is 2. The van der Waals surface area contributed by atoms with Gasteiger partial charge in [0.05, 0.1) is 65.4 Å². The van der Waals surface area contributed by atoms with Gasteiger partial charge in [0, 0.05) is 12.1 Å². The van der Waals surface area contributed by atoms with E-state index in [9.17, 15) is 27.0 Å². The standard InChI is InChI=1S/2C24H32N4O6S/c2*1-15(22(29)24(2,3)4)35(30,31)14-19-26-27-23(16-10-8-13-20(25-16)34-7)28(19)21-17(32-5)11-9-12-18(21)33-6/h2*8-13,15,22,29H,14H2,1-7H3/t2*15-,22+/m10/s1. The largest absolute Gasteiger partial charge is 0.494 e. The Morgan fingerprint density at radius 1 is 0.486 bits per heavy atom. The molecule has 2 N–H and O–H groups in total. The van der Waals surface area contributed by atoms with Crippen LogP contribution in [0.15, 0.2) is 72.8 Å². The normalized spacial score (nSPS) is 13.8. The van der Waals surface area contributed by atoms with E-state index in [1.54, 1.807) is 123 Å². The highest BCUT2D eigenvalue weighted by Crippen LogP contribution is 2.39. The molecule has 4 atom stereocenters. The number of para-hydroxylation sites is 2. The maximum absolute atomic E-state index is 13.4. The second kappa shape index (κ2) is 22.2. The molecular weight excluding hydrogens is 945 g/mol. The van der Waals surface area contributed by atoms with Crippen LogP contribution in [-0.4, -0.2) is 132 Å². The summed E-state index contributed by atoms with van der Waals surface area (Å²) >= 11 is 0. The minimum atomic E-state index is -3.85. The highest BCUT2D eigenvalue weighted by atomic mass is 32.2. The summed E-state index contributed by atoms with van der Waals surface area (Å²) < 4.78 is 89.5. The smallest absolute Gasteiger partial charge is 0.213 e. The van der Waals surface area contributed by atoms with Crippen LogP contribution in [0.5, 0.6) is 34.8 Å². The van der Waals surface area contributed by atoms with Crippen LogP contribution in [0.1, 0.15) is 67.0 Å². The third kappa shape index (κ3) is 12.0. The number of sulfone groups is 2. The predicted octanol–water partition coefficient (Wildman–Crippen LogP) is 6.13. The van der Waals surface area contributed by atoms with Gasteiger partial charge < -0.3 is 38.6 Å². The first kappa shape index (κ1) is 54.6. The Bertz CT molecular complexity index is 2720. The van der Waals surface area contributed by atoms with E-state index in [1.807, 2.05) is 0 Å². The second-order valence-electron chi connectivity index (χ2n) is 18.3. The molecule has 0 amide bonds. The molecule has 0 radical (unpaired) electrons. The van der Waals surface area contributed by atoms with E-state index in [4.69, 9.17) is 28.4 Å². The van der Waals surface area contributed by atoms with Crippen molar-refractivity contribution in [2.75, 3.05) is 42.7 Å². The van der Waals surface area contributed by atoms with Crippen molar-refractivity contribution in [2.45, 2.75) is 89.6 Å². The Kier molecular flexibility index (Phi) is 17.3. The van der Waals surface area contributed by atoms with Crippen molar-refractivity contribution in [3.8, 4) is 69.2 Å². The predicted molar refractivity (Wildman–Crippen MR) is 264 cm³/mol. The first-order valence-corrected chi connectivity index (χ1v) is 25.4. The van der Waals surface area contributed by atoms with E-state index in [0.717, 1.165) is 0 Å². The molecule has 4 heterocycles. The first-order valence-electron chi connectivity index (χ1n) is 22.0. The molecule has 0 bridgehead atoms. The van der Waals surface area contributed by atoms with Crippen LogP contribution >= 0.6 is 0 Å². The first-order chi connectivity index (χ1) is 32.9. The van der Waals surface area contributed by atoms with E-state index in [0.29, 0.717) is 57.5 Å². The van der Waals surface area contributed by atoms with Crippen LogP contribution in [-0.2, 0) is 31.2 Å².